The molecule has 2 aromatic rings. The van der Waals surface area contributed by atoms with Gasteiger partial charge in [0.2, 0.25) is 0 Å². The number of phenols is 1. The number of nitrogens with one attached hydrogen (secondary N) is 1. The first kappa shape index (κ1) is 17.9. The standard InChI is InChI=1S/C22H26N2O3/c1-22(13-12-16-8-10-17(25)11-9-16)23-20-7-3-2-6-19(20)21(26)24(22)15-18-5-4-14-27-18/h2-3,6-11,18,23,25H,4-5,12-15H2,1H3/t18-,22+/m1/s1. The SMILES string of the molecule is C[C@]1(CCc2ccc(O)cc2)Nc2ccccc2C(=O)N1C[C@H]1CCCO1. The third-order valence-electron chi connectivity index (χ3n) is 5.65. The Kier molecular flexibility index (Phi) is 4.79. The van der Waals surface area contributed by atoms with E-state index in [1.54, 1.807) is 12.1 Å². The molecule has 0 bridgehead atoms. The highest BCUT2D eigenvalue weighted by Gasteiger charge is 2.42. The van der Waals surface area contributed by atoms with Gasteiger partial charge in [-0.3, -0.25) is 4.79 Å². The number of hydrogen-bond acceptors (Lipinski definition) is 4. The smallest absolute Gasteiger partial charge is 0.257 e. The molecule has 5 heteroatoms. The van der Waals surface area contributed by atoms with Gasteiger partial charge in [-0.15, -0.1) is 0 Å². The summed E-state index contributed by atoms with van der Waals surface area (Å²) in [7, 11) is 0. The average Bonchev–Trinajstić information content (AvgIpc) is 3.18. The zero-order chi connectivity index (χ0) is 18.9. The van der Waals surface area contributed by atoms with Crippen LogP contribution in [0.4, 0.5) is 5.69 Å². The maximum atomic E-state index is 13.3. The zero-order valence-corrected chi connectivity index (χ0v) is 15.6. The Balaban J connectivity index is 1.59. The molecule has 5 nitrogen and oxygen atoms in total. The number of carbonyl (C=O) groups excluding carboxylic acids is 1. The van der Waals surface area contributed by atoms with Crippen LogP contribution in [0.1, 0.15) is 42.1 Å². The molecule has 1 fully saturated rings. The van der Waals surface area contributed by atoms with E-state index < -0.39 is 5.66 Å². The van der Waals surface area contributed by atoms with Crippen molar-refractivity contribution in [1.29, 1.82) is 0 Å². The second-order valence-electron chi connectivity index (χ2n) is 7.66. The molecule has 0 spiro atoms. The molecule has 2 N–H and O–H groups in total. The minimum atomic E-state index is -0.491. The van der Waals surface area contributed by atoms with Gasteiger partial charge in [0.05, 0.1) is 11.7 Å². The van der Waals surface area contributed by atoms with Crippen LogP contribution in [-0.2, 0) is 11.2 Å². The zero-order valence-electron chi connectivity index (χ0n) is 15.6. The summed E-state index contributed by atoms with van der Waals surface area (Å²) >= 11 is 0. The van der Waals surface area contributed by atoms with Gasteiger partial charge < -0.3 is 20.1 Å². The minimum absolute atomic E-state index is 0.0630. The topological polar surface area (TPSA) is 61.8 Å². The molecule has 1 amide bonds. The van der Waals surface area contributed by atoms with Crippen molar-refractivity contribution in [3.05, 3.63) is 59.7 Å². The van der Waals surface area contributed by atoms with Crippen LogP contribution in [0.2, 0.25) is 0 Å². The van der Waals surface area contributed by atoms with Crippen LogP contribution in [0.5, 0.6) is 5.75 Å². The molecule has 142 valence electrons. The highest BCUT2D eigenvalue weighted by Crippen LogP contribution is 2.35. The number of hydrogen-bond donors (Lipinski definition) is 2. The average molecular weight is 366 g/mol. The second kappa shape index (κ2) is 7.24. The summed E-state index contributed by atoms with van der Waals surface area (Å²) in [5.74, 6) is 0.331. The predicted molar refractivity (Wildman–Crippen MR) is 105 cm³/mol. The highest BCUT2D eigenvalue weighted by atomic mass is 16.5. The van der Waals surface area contributed by atoms with Gasteiger partial charge >= 0.3 is 0 Å². The monoisotopic (exact) mass is 366 g/mol. The molecular formula is C22H26N2O3. The predicted octanol–water partition coefficient (Wildman–Crippen LogP) is 3.79. The van der Waals surface area contributed by atoms with Crippen LogP contribution >= 0.6 is 0 Å². The van der Waals surface area contributed by atoms with Crippen molar-refractivity contribution in [2.75, 3.05) is 18.5 Å². The molecule has 0 unspecified atom stereocenters. The van der Waals surface area contributed by atoms with Gasteiger partial charge in [0, 0.05) is 18.8 Å². The molecule has 0 radical (unpaired) electrons. The molecule has 0 saturated carbocycles. The van der Waals surface area contributed by atoms with Crippen molar-refractivity contribution in [2.45, 2.75) is 44.4 Å². The van der Waals surface area contributed by atoms with Crippen molar-refractivity contribution in [2.24, 2.45) is 0 Å². The summed E-state index contributed by atoms with van der Waals surface area (Å²) in [6.45, 7) is 3.48. The van der Waals surface area contributed by atoms with Crippen LogP contribution in [-0.4, -0.2) is 40.8 Å². The molecule has 2 aromatic carbocycles. The first-order valence-electron chi connectivity index (χ1n) is 9.64. The Morgan fingerprint density at radius 1 is 1.22 bits per heavy atom. The molecule has 1 saturated heterocycles. The van der Waals surface area contributed by atoms with Crippen LogP contribution < -0.4 is 5.32 Å². The van der Waals surface area contributed by atoms with Gasteiger partial charge in [-0.1, -0.05) is 24.3 Å². The summed E-state index contributed by atoms with van der Waals surface area (Å²) in [5.41, 5.74) is 2.26. The van der Waals surface area contributed by atoms with E-state index in [0.29, 0.717) is 6.54 Å². The van der Waals surface area contributed by atoms with Gasteiger partial charge in [-0.05, 0) is 62.4 Å². The summed E-state index contributed by atoms with van der Waals surface area (Å²) < 4.78 is 5.81. The quantitative estimate of drug-likeness (QED) is 0.845. The molecule has 0 aromatic heterocycles. The first-order chi connectivity index (χ1) is 13.0. The van der Waals surface area contributed by atoms with E-state index in [9.17, 15) is 9.90 Å². The number of ether oxygens (including phenoxy) is 1. The maximum absolute atomic E-state index is 13.3. The number of aryl methyl sites for hydroxylation is 1. The first-order valence-corrected chi connectivity index (χ1v) is 9.64. The third-order valence-corrected chi connectivity index (χ3v) is 5.65. The van der Waals surface area contributed by atoms with Gasteiger partial charge in [0.25, 0.3) is 5.91 Å². The van der Waals surface area contributed by atoms with E-state index in [1.807, 2.05) is 41.3 Å². The number of amides is 1. The van der Waals surface area contributed by atoms with E-state index in [0.717, 1.165) is 49.1 Å². The summed E-state index contributed by atoms with van der Waals surface area (Å²) in [5, 5.41) is 13.1. The molecular weight excluding hydrogens is 340 g/mol. The molecule has 2 aliphatic rings. The Morgan fingerprint density at radius 2 is 2.00 bits per heavy atom. The second-order valence-corrected chi connectivity index (χ2v) is 7.66. The van der Waals surface area contributed by atoms with Crippen molar-refractivity contribution in [1.82, 2.24) is 4.90 Å². The number of phenolic OH excluding ortho intramolecular Hbond substituents is 1. The Hall–Kier alpha value is -2.53. The fraction of sp³-hybridized carbons (Fsp3) is 0.409. The lowest BCUT2D eigenvalue weighted by Gasteiger charge is -2.47. The van der Waals surface area contributed by atoms with Crippen molar-refractivity contribution in [3.63, 3.8) is 0 Å². The molecule has 0 aliphatic carbocycles. The van der Waals surface area contributed by atoms with Crippen LogP contribution in [0.3, 0.4) is 0 Å². The minimum Gasteiger partial charge on any atom is -0.508 e. The third kappa shape index (κ3) is 3.65. The Morgan fingerprint density at radius 3 is 2.74 bits per heavy atom. The number of benzene rings is 2. The Labute approximate surface area is 160 Å². The Bertz CT molecular complexity index is 815. The van der Waals surface area contributed by atoms with Crippen LogP contribution in [0.15, 0.2) is 48.5 Å². The van der Waals surface area contributed by atoms with E-state index in [-0.39, 0.29) is 17.8 Å². The number of para-hydroxylation sites is 1. The van der Waals surface area contributed by atoms with Gasteiger partial charge in [-0.2, -0.15) is 0 Å². The van der Waals surface area contributed by atoms with Gasteiger partial charge in [-0.25, -0.2) is 0 Å². The van der Waals surface area contributed by atoms with Crippen molar-refractivity contribution >= 4 is 11.6 Å². The molecule has 27 heavy (non-hydrogen) atoms. The van der Waals surface area contributed by atoms with Crippen LogP contribution in [0.25, 0.3) is 0 Å². The number of anilines is 1. The largest absolute Gasteiger partial charge is 0.508 e. The van der Waals surface area contributed by atoms with E-state index >= 15 is 0 Å². The van der Waals surface area contributed by atoms with E-state index in [1.165, 1.54) is 0 Å². The lowest BCUT2D eigenvalue weighted by molar-refractivity contribution is 0.0233. The summed E-state index contributed by atoms with van der Waals surface area (Å²) in [4.78, 5) is 15.2. The highest BCUT2D eigenvalue weighted by molar-refractivity contribution is 6.02. The van der Waals surface area contributed by atoms with Gasteiger partial charge in [0.15, 0.2) is 0 Å². The fourth-order valence-electron chi connectivity index (χ4n) is 4.03. The number of rotatable bonds is 5. The summed E-state index contributed by atoms with van der Waals surface area (Å²) in [6.07, 6.45) is 3.74. The summed E-state index contributed by atoms with van der Waals surface area (Å²) in [6, 6.07) is 15.0. The molecule has 4 rings (SSSR count). The molecule has 2 heterocycles. The van der Waals surface area contributed by atoms with Crippen LogP contribution in [0, 0.1) is 0 Å². The normalized spacial score (nSPS) is 24.6. The fourth-order valence-corrected chi connectivity index (χ4v) is 4.03. The number of fused-ring (bicyclic) bond motifs is 1. The molecule has 2 aliphatic heterocycles. The van der Waals surface area contributed by atoms with E-state index in [4.69, 9.17) is 4.74 Å². The van der Waals surface area contributed by atoms with Crippen molar-refractivity contribution in [3.8, 4) is 5.75 Å². The number of carbonyl (C=O) groups is 1. The van der Waals surface area contributed by atoms with E-state index in [2.05, 4.69) is 12.2 Å². The number of aromatic hydroxyl groups is 1. The lowest BCUT2D eigenvalue weighted by atomic mass is 9.93. The molecule has 2 atom stereocenters. The maximum Gasteiger partial charge on any atom is 0.257 e. The van der Waals surface area contributed by atoms with Crippen molar-refractivity contribution < 1.29 is 14.6 Å². The number of nitrogens with zero attached hydrogens (tertiary/aromatic N) is 1. The van der Waals surface area contributed by atoms with Gasteiger partial charge in [0.1, 0.15) is 11.4 Å². The lowest BCUT2D eigenvalue weighted by Crippen LogP contribution is -2.60.